The van der Waals surface area contributed by atoms with Crippen LogP contribution in [0.15, 0.2) is 16.9 Å². The van der Waals surface area contributed by atoms with Gasteiger partial charge in [-0.1, -0.05) is 0 Å². The highest BCUT2D eigenvalue weighted by Gasteiger charge is 1.97. The molecule has 0 amide bonds. The first kappa shape index (κ1) is 7.41. The molecule has 2 nitrogen and oxygen atoms in total. The lowest BCUT2D eigenvalue weighted by Crippen LogP contribution is -1.86. The Morgan fingerprint density at radius 1 is 1.70 bits per heavy atom. The standard InChI is InChI=1S/C7H6BrNO/c1-5-2-6(4-10)7(8)9-3-5/h2-4H,1H3. The molecule has 1 aromatic rings. The Balaban J connectivity index is 3.21. The number of rotatable bonds is 1. The molecule has 52 valence electrons. The van der Waals surface area contributed by atoms with Crippen LogP contribution in [-0.2, 0) is 0 Å². The third kappa shape index (κ3) is 1.42. The molecule has 0 N–H and O–H groups in total. The molecule has 1 rings (SSSR count). The van der Waals surface area contributed by atoms with Gasteiger partial charge in [0.15, 0.2) is 6.29 Å². The van der Waals surface area contributed by atoms with Gasteiger partial charge in [0.1, 0.15) is 4.60 Å². The maximum absolute atomic E-state index is 10.3. The Kier molecular flexibility index (Phi) is 2.17. The van der Waals surface area contributed by atoms with Crippen molar-refractivity contribution in [2.45, 2.75) is 6.92 Å². The molecule has 0 bridgehead atoms. The van der Waals surface area contributed by atoms with E-state index in [0.29, 0.717) is 10.2 Å². The lowest BCUT2D eigenvalue weighted by Gasteiger charge is -1.94. The van der Waals surface area contributed by atoms with Gasteiger partial charge in [0.2, 0.25) is 0 Å². The lowest BCUT2D eigenvalue weighted by atomic mass is 10.2. The van der Waals surface area contributed by atoms with Gasteiger partial charge in [-0.25, -0.2) is 4.98 Å². The largest absolute Gasteiger partial charge is 0.298 e. The molecule has 0 aliphatic heterocycles. The number of carbonyl (C=O) groups excluding carboxylic acids is 1. The minimum Gasteiger partial charge on any atom is -0.298 e. The summed E-state index contributed by atoms with van der Waals surface area (Å²) >= 11 is 3.15. The zero-order valence-corrected chi connectivity index (χ0v) is 7.05. The molecule has 0 radical (unpaired) electrons. The molecule has 0 fully saturated rings. The molecule has 0 atom stereocenters. The van der Waals surface area contributed by atoms with E-state index in [0.717, 1.165) is 11.8 Å². The zero-order chi connectivity index (χ0) is 7.56. The molecule has 0 saturated heterocycles. The Morgan fingerprint density at radius 3 is 2.90 bits per heavy atom. The Morgan fingerprint density at radius 2 is 2.40 bits per heavy atom. The average Bonchev–Trinajstić information content (AvgIpc) is 1.94. The molecule has 0 spiro atoms. The van der Waals surface area contributed by atoms with Crippen molar-refractivity contribution in [1.82, 2.24) is 4.98 Å². The number of aromatic nitrogens is 1. The summed E-state index contributed by atoms with van der Waals surface area (Å²) in [6.45, 7) is 1.90. The van der Waals surface area contributed by atoms with Gasteiger partial charge >= 0.3 is 0 Å². The van der Waals surface area contributed by atoms with Crippen molar-refractivity contribution in [2.24, 2.45) is 0 Å². The predicted molar refractivity (Wildman–Crippen MR) is 42.1 cm³/mol. The quantitative estimate of drug-likeness (QED) is 0.512. The number of hydrogen-bond acceptors (Lipinski definition) is 2. The van der Waals surface area contributed by atoms with Gasteiger partial charge in [-0.15, -0.1) is 0 Å². The third-order valence-corrected chi connectivity index (χ3v) is 1.79. The molecule has 1 heterocycles. The van der Waals surface area contributed by atoms with Crippen LogP contribution in [0.4, 0.5) is 0 Å². The number of halogens is 1. The molecule has 3 heteroatoms. The summed E-state index contributed by atoms with van der Waals surface area (Å²) < 4.78 is 0.605. The number of aryl methyl sites for hydroxylation is 1. The number of aldehydes is 1. The first-order valence-electron chi connectivity index (χ1n) is 2.81. The van der Waals surface area contributed by atoms with E-state index in [1.807, 2.05) is 6.92 Å². The zero-order valence-electron chi connectivity index (χ0n) is 5.47. The van der Waals surface area contributed by atoms with E-state index in [4.69, 9.17) is 0 Å². The number of pyridine rings is 1. The molecule has 10 heavy (non-hydrogen) atoms. The highest BCUT2D eigenvalue weighted by Crippen LogP contribution is 2.11. The maximum Gasteiger partial charge on any atom is 0.152 e. The molecule has 0 aliphatic carbocycles. The first-order chi connectivity index (χ1) is 4.74. The van der Waals surface area contributed by atoms with Crippen molar-refractivity contribution >= 4 is 22.2 Å². The number of nitrogens with zero attached hydrogens (tertiary/aromatic N) is 1. The highest BCUT2D eigenvalue weighted by atomic mass is 79.9. The van der Waals surface area contributed by atoms with Crippen molar-refractivity contribution in [1.29, 1.82) is 0 Å². The van der Waals surface area contributed by atoms with Gasteiger partial charge < -0.3 is 0 Å². The van der Waals surface area contributed by atoms with E-state index >= 15 is 0 Å². The van der Waals surface area contributed by atoms with Crippen molar-refractivity contribution in [3.8, 4) is 0 Å². The summed E-state index contributed by atoms with van der Waals surface area (Å²) in [6.07, 6.45) is 2.49. The van der Waals surface area contributed by atoms with Crippen LogP contribution in [0, 0.1) is 6.92 Å². The topological polar surface area (TPSA) is 30.0 Å². The van der Waals surface area contributed by atoms with Crippen LogP contribution in [0.1, 0.15) is 15.9 Å². The van der Waals surface area contributed by atoms with E-state index in [1.165, 1.54) is 0 Å². The normalized spacial score (nSPS) is 9.40. The van der Waals surface area contributed by atoms with Crippen LogP contribution < -0.4 is 0 Å². The predicted octanol–water partition coefficient (Wildman–Crippen LogP) is 1.97. The minimum atomic E-state index is 0.597. The SMILES string of the molecule is Cc1cnc(Br)c(C=O)c1. The van der Waals surface area contributed by atoms with Crippen LogP contribution in [0.3, 0.4) is 0 Å². The molecular formula is C7H6BrNO. The third-order valence-electron chi connectivity index (χ3n) is 1.13. The molecule has 0 aliphatic rings. The van der Waals surface area contributed by atoms with E-state index in [1.54, 1.807) is 12.3 Å². The Bertz CT molecular complexity index is 260. The van der Waals surface area contributed by atoms with E-state index in [-0.39, 0.29) is 0 Å². The molecule has 0 aromatic carbocycles. The Hall–Kier alpha value is -0.700. The van der Waals surface area contributed by atoms with Gasteiger partial charge in [0, 0.05) is 11.8 Å². The van der Waals surface area contributed by atoms with Gasteiger partial charge in [0.05, 0.1) is 0 Å². The van der Waals surface area contributed by atoms with E-state index < -0.39 is 0 Å². The van der Waals surface area contributed by atoms with Crippen molar-refractivity contribution in [2.75, 3.05) is 0 Å². The molecule has 0 unspecified atom stereocenters. The second-order valence-electron chi connectivity index (χ2n) is 2.01. The monoisotopic (exact) mass is 199 g/mol. The lowest BCUT2D eigenvalue weighted by molar-refractivity contribution is 0.112. The van der Waals surface area contributed by atoms with Crippen LogP contribution in [-0.4, -0.2) is 11.3 Å². The smallest absolute Gasteiger partial charge is 0.152 e. The highest BCUT2D eigenvalue weighted by molar-refractivity contribution is 9.10. The van der Waals surface area contributed by atoms with Crippen molar-refractivity contribution in [3.05, 3.63) is 28.0 Å². The van der Waals surface area contributed by atoms with E-state index in [2.05, 4.69) is 20.9 Å². The fourth-order valence-corrected chi connectivity index (χ4v) is 0.968. The number of carbonyl (C=O) groups is 1. The molecule has 1 aromatic heterocycles. The Labute approximate surface area is 67.4 Å². The maximum atomic E-state index is 10.3. The minimum absolute atomic E-state index is 0.597. The molecular weight excluding hydrogens is 194 g/mol. The second kappa shape index (κ2) is 2.92. The fraction of sp³-hybridized carbons (Fsp3) is 0.143. The summed E-state index contributed by atoms with van der Waals surface area (Å²) in [6, 6.07) is 1.78. The summed E-state index contributed by atoms with van der Waals surface area (Å²) in [7, 11) is 0. The van der Waals surface area contributed by atoms with Gasteiger partial charge in [-0.2, -0.15) is 0 Å². The van der Waals surface area contributed by atoms with Crippen LogP contribution in [0.2, 0.25) is 0 Å². The average molecular weight is 200 g/mol. The first-order valence-corrected chi connectivity index (χ1v) is 3.60. The number of hydrogen-bond donors (Lipinski definition) is 0. The summed E-state index contributed by atoms with van der Waals surface area (Å²) in [4.78, 5) is 14.2. The van der Waals surface area contributed by atoms with Gasteiger partial charge in [0.25, 0.3) is 0 Å². The summed E-state index contributed by atoms with van der Waals surface area (Å²) in [5.41, 5.74) is 1.59. The fourth-order valence-electron chi connectivity index (χ4n) is 0.658. The van der Waals surface area contributed by atoms with Gasteiger partial charge in [-0.3, -0.25) is 4.79 Å². The van der Waals surface area contributed by atoms with Crippen molar-refractivity contribution < 1.29 is 4.79 Å². The van der Waals surface area contributed by atoms with Crippen LogP contribution in [0.5, 0.6) is 0 Å². The van der Waals surface area contributed by atoms with Crippen molar-refractivity contribution in [3.63, 3.8) is 0 Å². The summed E-state index contributed by atoms with van der Waals surface area (Å²) in [5, 5.41) is 0. The second-order valence-corrected chi connectivity index (χ2v) is 2.76. The summed E-state index contributed by atoms with van der Waals surface area (Å²) in [5.74, 6) is 0. The van der Waals surface area contributed by atoms with E-state index in [9.17, 15) is 4.79 Å². The molecule has 0 saturated carbocycles. The van der Waals surface area contributed by atoms with Crippen LogP contribution in [0.25, 0.3) is 0 Å². The van der Waals surface area contributed by atoms with Crippen LogP contribution >= 0.6 is 15.9 Å². The van der Waals surface area contributed by atoms with Gasteiger partial charge in [-0.05, 0) is 34.5 Å².